The van der Waals surface area contributed by atoms with Gasteiger partial charge in [-0.1, -0.05) is 18.2 Å². The van der Waals surface area contributed by atoms with Gasteiger partial charge in [0.1, 0.15) is 11.4 Å². The summed E-state index contributed by atoms with van der Waals surface area (Å²) in [6.07, 6.45) is 1.21. The summed E-state index contributed by atoms with van der Waals surface area (Å²) < 4.78 is 15.5. The van der Waals surface area contributed by atoms with Gasteiger partial charge in [-0.25, -0.2) is 0 Å². The van der Waals surface area contributed by atoms with Crippen molar-refractivity contribution < 1.29 is 28.7 Å². The molecule has 0 saturated heterocycles. The molecule has 0 spiro atoms. The Hall–Kier alpha value is -4.86. The van der Waals surface area contributed by atoms with Crippen LogP contribution in [0.5, 0.6) is 17.2 Å². The Morgan fingerprint density at radius 3 is 2.09 bits per heavy atom. The molecule has 0 unspecified atom stereocenters. The van der Waals surface area contributed by atoms with E-state index in [1.54, 1.807) is 42.5 Å². The van der Waals surface area contributed by atoms with Crippen molar-refractivity contribution in [3.63, 3.8) is 0 Å². The molecule has 0 aliphatic rings. The molecular formula is C25H23N3O7. The number of anilines is 1. The number of nitro benzene ring substituents is 1. The van der Waals surface area contributed by atoms with Crippen molar-refractivity contribution in [1.82, 2.24) is 5.32 Å². The Labute approximate surface area is 201 Å². The van der Waals surface area contributed by atoms with Crippen molar-refractivity contribution in [1.29, 1.82) is 0 Å². The first kappa shape index (κ1) is 24.8. The van der Waals surface area contributed by atoms with Crippen LogP contribution in [0, 0.1) is 10.1 Å². The molecule has 180 valence electrons. The predicted molar refractivity (Wildman–Crippen MR) is 130 cm³/mol. The zero-order valence-corrected chi connectivity index (χ0v) is 19.2. The molecule has 0 radical (unpaired) electrons. The fourth-order valence-corrected chi connectivity index (χ4v) is 3.13. The number of nitrogens with one attached hydrogen (secondary N) is 2. The van der Waals surface area contributed by atoms with Gasteiger partial charge in [-0.2, -0.15) is 0 Å². The SMILES string of the molecule is COc1ccc(C(=O)N/C(=C\c2cc(OC)c(OC)cc2[N+](=O)[O-])C(=O)Nc2ccccc2)cc1. The lowest BCUT2D eigenvalue weighted by Gasteiger charge is -2.13. The smallest absolute Gasteiger partial charge is 0.280 e. The fourth-order valence-electron chi connectivity index (χ4n) is 3.13. The highest BCUT2D eigenvalue weighted by atomic mass is 16.6. The van der Waals surface area contributed by atoms with E-state index in [0.717, 1.165) is 0 Å². The maximum atomic E-state index is 13.1. The molecule has 0 atom stereocenters. The minimum Gasteiger partial charge on any atom is -0.497 e. The summed E-state index contributed by atoms with van der Waals surface area (Å²) in [4.78, 5) is 37.1. The molecule has 0 heterocycles. The van der Waals surface area contributed by atoms with Gasteiger partial charge in [0.25, 0.3) is 17.5 Å². The van der Waals surface area contributed by atoms with Gasteiger partial charge in [0, 0.05) is 11.3 Å². The van der Waals surface area contributed by atoms with E-state index in [1.807, 2.05) is 0 Å². The van der Waals surface area contributed by atoms with Crippen LogP contribution in [0.3, 0.4) is 0 Å². The number of ether oxygens (including phenoxy) is 3. The zero-order chi connectivity index (χ0) is 25.4. The van der Waals surface area contributed by atoms with E-state index in [0.29, 0.717) is 11.4 Å². The molecule has 0 fully saturated rings. The lowest BCUT2D eigenvalue weighted by molar-refractivity contribution is -0.385. The number of amides is 2. The molecule has 10 heteroatoms. The summed E-state index contributed by atoms with van der Waals surface area (Å²) >= 11 is 0. The van der Waals surface area contributed by atoms with Gasteiger partial charge < -0.3 is 24.8 Å². The molecule has 2 N–H and O–H groups in total. The van der Waals surface area contributed by atoms with Crippen molar-refractivity contribution in [3.05, 3.63) is 93.7 Å². The Morgan fingerprint density at radius 2 is 1.51 bits per heavy atom. The Kier molecular flexibility index (Phi) is 8.02. The zero-order valence-electron chi connectivity index (χ0n) is 19.2. The number of rotatable bonds is 9. The van der Waals surface area contributed by atoms with E-state index >= 15 is 0 Å². The van der Waals surface area contributed by atoms with Crippen LogP contribution in [-0.2, 0) is 4.79 Å². The van der Waals surface area contributed by atoms with Gasteiger partial charge in [0.2, 0.25) is 0 Å². The molecule has 0 aliphatic carbocycles. The summed E-state index contributed by atoms with van der Waals surface area (Å²) in [5.41, 5.74) is 0.201. The van der Waals surface area contributed by atoms with Gasteiger partial charge in [0.05, 0.1) is 37.9 Å². The molecule has 2 amide bonds. The third kappa shape index (κ3) is 6.14. The average molecular weight is 477 g/mol. The molecule has 3 aromatic rings. The highest BCUT2D eigenvalue weighted by Crippen LogP contribution is 2.35. The number of methoxy groups -OCH3 is 3. The second kappa shape index (κ2) is 11.3. The molecule has 0 aromatic heterocycles. The van der Waals surface area contributed by atoms with Crippen molar-refractivity contribution in [2.24, 2.45) is 0 Å². The maximum absolute atomic E-state index is 13.1. The van der Waals surface area contributed by atoms with Crippen LogP contribution in [0.15, 0.2) is 72.4 Å². The first-order valence-electron chi connectivity index (χ1n) is 10.3. The van der Waals surface area contributed by atoms with Gasteiger partial charge in [-0.15, -0.1) is 0 Å². The number of hydrogen-bond acceptors (Lipinski definition) is 7. The minimum absolute atomic E-state index is 0.0286. The molecule has 10 nitrogen and oxygen atoms in total. The van der Waals surface area contributed by atoms with Gasteiger partial charge in [-0.05, 0) is 48.5 Å². The average Bonchev–Trinajstić information content (AvgIpc) is 2.88. The highest BCUT2D eigenvalue weighted by molar-refractivity contribution is 6.11. The van der Waals surface area contributed by atoms with E-state index < -0.39 is 16.7 Å². The quantitative estimate of drug-likeness (QED) is 0.270. The molecule has 0 aliphatic heterocycles. The molecule has 3 aromatic carbocycles. The molecule has 0 saturated carbocycles. The van der Waals surface area contributed by atoms with Crippen molar-refractivity contribution in [2.45, 2.75) is 0 Å². The van der Waals surface area contributed by atoms with Crippen LogP contribution >= 0.6 is 0 Å². The van der Waals surface area contributed by atoms with Crippen molar-refractivity contribution in [2.75, 3.05) is 26.6 Å². The fraction of sp³-hybridized carbons (Fsp3) is 0.120. The number of benzene rings is 3. The molecule has 35 heavy (non-hydrogen) atoms. The van der Waals surface area contributed by atoms with Crippen molar-refractivity contribution >= 4 is 29.3 Å². The van der Waals surface area contributed by atoms with Crippen LogP contribution in [0.25, 0.3) is 6.08 Å². The number of carbonyl (C=O) groups is 2. The summed E-state index contributed by atoms with van der Waals surface area (Å²) in [6.45, 7) is 0. The Balaban J connectivity index is 2.05. The normalized spacial score (nSPS) is 10.8. The standard InChI is InChI=1S/C25H23N3O7/c1-33-19-11-9-16(10-12-19)24(29)27-20(25(30)26-18-7-5-4-6-8-18)13-17-14-22(34-2)23(35-3)15-21(17)28(31)32/h4-15H,1-3H3,(H,26,30)(H,27,29)/b20-13-. The number of hydrogen-bond donors (Lipinski definition) is 2. The van der Waals surface area contributed by atoms with Gasteiger partial charge in [-0.3, -0.25) is 19.7 Å². The Morgan fingerprint density at radius 1 is 0.886 bits per heavy atom. The molecular weight excluding hydrogens is 454 g/mol. The van der Waals surface area contributed by atoms with E-state index in [2.05, 4.69) is 10.6 Å². The topological polar surface area (TPSA) is 129 Å². The predicted octanol–water partition coefficient (Wildman–Crippen LogP) is 4.03. The lowest BCUT2D eigenvalue weighted by Crippen LogP contribution is -2.30. The largest absolute Gasteiger partial charge is 0.497 e. The summed E-state index contributed by atoms with van der Waals surface area (Å²) in [5, 5.41) is 16.9. The van der Waals surface area contributed by atoms with Crippen LogP contribution in [0.1, 0.15) is 15.9 Å². The number of carbonyl (C=O) groups excluding carboxylic acids is 2. The summed E-state index contributed by atoms with van der Waals surface area (Å²) in [6, 6.07) is 17.4. The summed E-state index contributed by atoms with van der Waals surface area (Å²) in [5.74, 6) is -0.352. The second-order valence-corrected chi connectivity index (χ2v) is 7.08. The second-order valence-electron chi connectivity index (χ2n) is 7.08. The number of para-hydroxylation sites is 1. The third-order valence-corrected chi connectivity index (χ3v) is 4.91. The minimum atomic E-state index is -0.679. The van der Waals surface area contributed by atoms with E-state index in [9.17, 15) is 19.7 Å². The van der Waals surface area contributed by atoms with Crippen LogP contribution in [-0.4, -0.2) is 38.1 Å². The van der Waals surface area contributed by atoms with E-state index in [-0.39, 0.29) is 34.0 Å². The van der Waals surface area contributed by atoms with E-state index in [1.165, 1.54) is 51.7 Å². The van der Waals surface area contributed by atoms with Crippen LogP contribution < -0.4 is 24.8 Å². The first-order valence-corrected chi connectivity index (χ1v) is 10.3. The monoisotopic (exact) mass is 477 g/mol. The maximum Gasteiger partial charge on any atom is 0.280 e. The van der Waals surface area contributed by atoms with E-state index in [4.69, 9.17) is 14.2 Å². The van der Waals surface area contributed by atoms with Crippen molar-refractivity contribution in [3.8, 4) is 17.2 Å². The first-order chi connectivity index (χ1) is 16.9. The Bertz CT molecular complexity index is 1260. The van der Waals surface area contributed by atoms with Crippen LogP contribution in [0.4, 0.5) is 11.4 Å². The molecule has 3 rings (SSSR count). The molecule has 0 bridgehead atoms. The number of nitro groups is 1. The highest BCUT2D eigenvalue weighted by Gasteiger charge is 2.22. The summed E-state index contributed by atoms with van der Waals surface area (Å²) in [7, 11) is 4.23. The lowest BCUT2D eigenvalue weighted by atomic mass is 10.1. The van der Waals surface area contributed by atoms with Crippen LogP contribution in [0.2, 0.25) is 0 Å². The van der Waals surface area contributed by atoms with Gasteiger partial charge in [0.15, 0.2) is 11.5 Å². The van der Waals surface area contributed by atoms with Gasteiger partial charge >= 0.3 is 0 Å². The number of nitrogens with zero attached hydrogens (tertiary/aromatic N) is 1. The third-order valence-electron chi connectivity index (χ3n) is 4.91.